The van der Waals surface area contributed by atoms with Crippen molar-refractivity contribution in [1.29, 1.82) is 0 Å². The van der Waals surface area contributed by atoms with Crippen LogP contribution in [0.4, 0.5) is 0 Å². The minimum Gasteiger partial charge on any atom is -0.465 e. The third kappa shape index (κ3) is 2.83. The number of fused-ring (bicyclic) bond motifs is 3. The Labute approximate surface area is 166 Å². The fourth-order valence-electron chi connectivity index (χ4n) is 6.29. The number of aliphatic hydroxyl groups excluding tert-OH is 1. The highest BCUT2D eigenvalue weighted by Gasteiger charge is 2.76. The molecule has 0 heterocycles. The summed E-state index contributed by atoms with van der Waals surface area (Å²) in [5.41, 5.74) is -0.767. The molecule has 0 aromatic carbocycles. The van der Waals surface area contributed by atoms with Gasteiger partial charge in [0.15, 0.2) is 0 Å². The number of hydrogen-bond donors (Lipinski definition) is 1. The van der Waals surface area contributed by atoms with Crippen molar-refractivity contribution in [3.05, 3.63) is 11.6 Å². The summed E-state index contributed by atoms with van der Waals surface area (Å²) in [4.78, 5) is 37.0. The normalized spacial score (nSPS) is 45.0. The molecule has 4 saturated carbocycles. The first-order chi connectivity index (χ1) is 13.0. The van der Waals surface area contributed by atoms with E-state index < -0.39 is 35.0 Å². The van der Waals surface area contributed by atoms with Crippen molar-refractivity contribution in [1.82, 2.24) is 0 Å². The van der Waals surface area contributed by atoms with Crippen LogP contribution in [0, 0.1) is 34.5 Å². The van der Waals surface area contributed by atoms with Crippen molar-refractivity contribution in [3.63, 3.8) is 0 Å². The van der Waals surface area contributed by atoms with Crippen LogP contribution in [-0.4, -0.2) is 41.6 Å². The van der Waals surface area contributed by atoms with Crippen LogP contribution >= 0.6 is 0 Å². The number of esters is 2. The predicted molar refractivity (Wildman–Crippen MR) is 102 cm³/mol. The van der Waals surface area contributed by atoms with Crippen molar-refractivity contribution >= 4 is 17.7 Å². The van der Waals surface area contributed by atoms with E-state index in [1.54, 1.807) is 19.9 Å². The summed E-state index contributed by atoms with van der Waals surface area (Å²) in [5, 5.41) is 11.1. The smallest absolute Gasteiger partial charge is 0.333 e. The van der Waals surface area contributed by atoms with Crippen molar-refractivity contribution in [2.45, 2.75) is 66.6 Å². The van der Waals surface area contributed by atoms with Crippen LogP contribution in [0.5, 0.6) is 0 Å². The Morgan fingerprint density at radius 3 is 2.43 bits per heavy atom. The largest absolute Gasteiger partial charge is 0.465 e. The topological polar surface area (TPSA) is 89.9 Å². The van der Waals surface area contributed by atoms with Gasteiger partial charge in [0.2, 0.25) is 0 Å². The molecule has 6 nitrogen and oxygen atoms in total. The number of ketones is 1. The van der Waals surface area contributed by atoms with Gasteiger partial charge in [0, 0.05) is 42.1 Å². The molecule has 6 heteroatoms. The van der Waals surface area contributed by atoms with Gasteiger partial charge in [-0.15, -0.1) is 0 Å². The fraction of sp³-hybridized carbons (Fsp3) is 0.773. The summed E-state index contributed by atoms with van der Waals surface area (Å²) in [6, 6.07) is 0. The lowest BCUT2D eigenvalue weighted by molar-refractivity contribution is -0.240. The van der Waals surface area contributed by atoms with Crippen LogP contribution in [0.25, 0.3) is 0 Å². The van der Waals surface area contributed by atoms with E-state index in [9.17, 15) is 19.5 Å². The number of carbonyl (C=O) groups excluding carboxylic acids is 3. The molecule has 0 aliphatic heterocycles. The predicted octanol–water partition coefficient (Wildman–Crippen LogP) is 2.68. The molecule has 0 unspecified atom stereocenters. The van der Waals surface area contributed by atoms with Crippen molar-refractivity contribution in [2.24, 2.45) is 34.5 Å². The molecular formula is C22H32O6. The first-order valence-corrected chi connectivity index (χ1v) is 10.2. The zero-order valence-electron chi connectivity index (χ0n) is 17.7. The third-order valence-corrected chi connectivity index (χ3v) is 7.86. The lowest BCUT2D eigenvalue weighted by atomic mass is 9.35. The second-order valence-corrected chi connectivity index (χ2v) is 9.45. The molecule has 4 rings (SSSR count). The van der Waals surface area contributed by atoms with Gasteiger partial charge in [-0.1, -0.05) is 26.8 Å². The summed E-state index contributed by atoms with van der Waals surface area (Å²) in [6.07, 6.45) is 1.04. The molecular weight excluding hydrogens is 360 g/mol. The summed E-state index contributed by atoms with van der Waals surface area (Å²) < 4.78 is 11.3. The fourth-order valence-corrected chi connectivity index (χ4v) is 6.29. The lowest BCUT2D eigenvalue weighted by Gasteiger charge is -2.68. The van der Waals surface area contributed by atoms with E-state index in [0.29, 0.717) is 12.0 Å². The van der Waals surface area contributed by atoms with Crippen LogP contribution in [0.15, 0.2) is 11.6 Å². The SMILES string of the molecule is C/C=C(/C)C(=O)O[C@@H]1C[C@@H](O)[C@]2(C)[C@@H]3[C@@H]([C@H]2C(=O)C[C@H]3C)[C@@]1(C)COC(C)=O. The molecule has 4 bridgehead atoms. The maximum absolute atomic E-state index is 12.9. The average Bonchev–Trinajstić information content (AvgIpc) is 2.72. The van der Waals surface area contributed by atoms with Crippen LogP contribution in [-0.2, 0) is 23.9 Å². The quantitative estimate of drug-likeness (QED) is 0.584. The minimum absolute atomic E-state index is 0.0651. The standard InChI is InChI=1S/C22H32O6/c1-7-11(2)20(26)28-16-9-15(25)22(6)17-12(3)8-14(24)18(22)19(17)21(16,5)10-27-13(4)23/h7,12,15-19,25H,8-10H2,1-6H3/b11-7-/t12-,15-,16-,17+,18-,19+,21+,22-/m1/s1. The summed E-state index contributed by atoms with van der Waals surface area (Å²) in [7, 11) is 0. The Balaban J connectivity index is 2.04. The Morgan fingerprint density at radius 1 is 1.25 bits per heavy atom. The van der Waals surface area contributed by atoms with E-state index in [2.05, 4.69) is 6.92 Å². The van der Waals surface area contributed by atoms with Crippen LogP contribution in [0.2, 0.25) is 0 Å². The molecule has 4 fully saturated rings. The van der Waals surface area contributed by atoms with Gasteiger partial charge in [-0.25, -0.2) is 4.79 Å². The Morgan fingerprint density at radius 2 is 1.89 bits per heavy atom. The molecule has 8 atom stereocenters. The molecule has 28 heavy (non-hydrogen) atoms. The first kappa shape index (κ1) is 21.0. The summed E-state index contributed by atoms with van der Waals surface area (Å²) in [5.74, 6) is -0.824. The highest BCUT2D eigenvalue weighted by atomic mass is 16.6. The van der Waals surface area contributed by atoms with Crippen LogP contribution in [0.3, 0.4) is 0 Å². The number of rotatable bonds is 4. The van der Waals surface area contributed by atoms with E-state index in [1.165, 1.54) is 6.92 Å². The van der Waals surface area contributed by atoms with Gasteiger partial charge >= 0.3 is 11.9 Å². The molecule has 0 saturated heterocycles. The number of allylic oxidation sites excluding steroid dienone is 1. The highest BCUT2D eigenvalue weighted by molar-refractivity contribution is 5.88. The van der Waals surface area contributed by atoms with Crippen LogP contribution in [0.1, 0.15) is 54.4 Å². The number of carbonyl (C=O) groups is 3. The number of ether oxygens (including phenoxy) is 2. The molecule has 0 amide bonds. The van der Waals surface area contributed by atoms with Gasteiger partial charge < -0.3 is 14.6 Å². The van der Waals surface area contributed by atoms with Gasteiger partial charge in [0.1, 0.15) is 18.5 Å². The van der Waals surface area contributed by atoms with Gasteiger partial charge in [-0.2, -0.15) is 0 Å². The van der Waals surface area contributed by atoms with Crippen molar-refractivity contribution in [2.75, 3.05) is 6.61 Å². The summed E-state index contributed by atoms with van der Waals surface area (Å²) >= 11 is 0. The van der Waals surface area contributed by atoms with E-state index in [1.807, 2.05) is 13.8 Å². The maximum atomic E-state index is 12.9. The zero-order chi connectivity index (χ0) is 21.0. The molecule has 0 spiro atoms. The summed E-state index contributed by atoms with van der Waals surface area (Å²) in [6.45, 7) is 10.8. The monoisotopic (exact) mass is 392 g/mol. The van der Waals surface area contributed by atoms with Crippen molar-refractivity contribution in [3.8, 4) is 0 Å². The minimum atomic E-state index is -0.756. The number of aliphatic hydroxyl groups is 1. The van der Waals surface area contributed by atoms with Gasteiger partial charge in [-0.3, -0.25) is 9.59 Å². The number of Topliss-reactive ketones (excluding diaryl/α,β-unsaturated/α-hetero) is 1. The average molecular weight is 392 g/mol. The van der Waals surface area contributed by atoms with Gasteiger partial charge in [0.05, 0.1) is 6.10 Å². The lowest BCUT2D eigenvalue weighted by Crippen LogP contribution is -2.71. The maximum Gasteiger partial charge on any atom is 0.333 e. The third-order valence-electron chi connectivity index (χ3n) is 7.86. The highest BCUT2D eigenvalue weighted by Crippen LogP contribution is 2.72. The zero-order valence-corrected chi connectivity index (χ0v) is 17.7. The molecule has 0 aromatic heterocycles. The molecule has 0 aromatic rings. The Bertz CT molecular complexity index is 727. The van der Waals surface area contributed by atoms with Gasteiger partial charge in [0.25, 0.3) is 0 Å². The van der Waals surface area contributed by atoms with E-state index in [4.69, 9.17) is 9.47 Å². The van der Waals surface area contributed by atoms with E-state index >= 15 is 0 Å². The first-order valence-electron chi connectivity index (χ1n) is 10.2. The second-order valence-electron chi connectivity index (χ2n) is 9.45. The molecule has 4 aliphatic carbocycles. The molecule has 0 radical (unpaired) electrons. The molecule has 156 valence electrons. The van der Waals surface area contributed by atoms with E-state index in [-0.39, 0.29) is 42.5 Å². The number of hydrogen-bond acceptors (Lipinski definition) is 6. The van der Waals surface area contributed by atoms with Crippen LogP contribution < -0.4 is 0 Å². The Hall–Kier alpha value is -1.69. The van der Waals surface area contributed by atoms with Gasteiger partial charge in [-0.05, 0) is 31.6 Å². The van der Waals surface area contributed by atoms with Crippen molar-refractivity contribution < 1.29 is 29.0 Å². The molecule has 1 N–H and O–H groups in total. The Kier molecular flexibility index (Phi) is 5.24. The molecule has 4 aliphatic rings. The van der Waals surface area contributed by atoms with E-state index in [0.717, 1.165) is 0 Å². The second kappa shape index (κ2) is 6.97.